The van der Waals surface area contributed by atoms with Gasteiger partial charge in [0.1, 0.15) is 0 Å². The summed E-state index contributed by atoms with van der Waals surface area (Å²) in [6, 6.07) is 9.39. The molecule has 0 bridgehead atoms. The largest absolute Gasteiger partial charge is 0.329 e. The van der Waals surface area contributed by atoms with Crippen molar-refractivity contribution in [1.82, 2.24) is 4.90 Å². The zero-order valence-corrected chi connectivity index (χ0v) is 12.7. The first-order chi connectivity index (χ1) is 9.05. The van der Waals surface area contributed by atoms with Gasteiger partial charge in [0, 0.05) is 12.6 Å². The average molecular weight is 260 g/mol. The number of aryl methyl sites for hydroxylation is 1. The number of likely N-dealkylation sites (tertiary alicyclic amines) is 1. The van der Waals surface area contributed by atoms with Crippen LogP contribution >= 0.6 is 0 Å². The SMILES string of the molecule is CCc1ccc(C(CN)N2CCC(C)(C)CC2)cc1. The van der Waals surface area contributed by atoms with Crippen LogP contribution in [0.4, 0.5) is 0 Å². The highest BCUT2D eigenvalue weighted by Crippen LogP contribution is 2.33. The third kappa shape index (κ3) is 3.58. The molecule has 2 rings (SSSR count). The number of piperidine rings is 1. The van der Waals surface area contributed by atoms with Crippen molar-refractivity contribution in [3.63, 3.8) is 0 Å². The van der Waals surface area contributed by atoms with Crippen molar-refractivity contribution in [2.24, 2.45) is 11.1 Å². The lowest BCUT2D eigenvalue weighted by atomic mass is 9.82. The Kier molecular flexibility index (Phi) is 4.64. The fourth-order valence-electron chi connectivity index (χ4n) is 2.91. The van der Waals surface area contributed by atoms with Crippen LogP contribution in [-0.4, -0.2) is 24.5 Å². The first-order valence-electron chi connectivity index (χ1n) is 7.58. The van der Waals surface area contributed by atoms with Crippen LogP contribution in [0.25, 0.3) is 0 Å². The second-order valence-corrected chi connectivity index (χ2v) is 6.55. The summed E-state index contributed by atoms with van der Waals surface area (Å²) < 4.78 is 0. The second kappa shape index (κ2) is 6.06. The summed E-state index contributed by atoms with van der Waals surface area (Å²) in [7, 11) is 0. The molecule has 2 N–H and O–H groups in total. The number of hydrogen-bond donors (Lipinski definition) is 1. The molecule has 1 saturated heterocycles. The maximum absolute atomic E-state index is 6.03. The number of hydrogen-bond acceptors (Lipinski definition) is 2. The van der Waals surface area contributed by atoms with E-state index in [4.69, 9.17) is 5.73 Å². The number of benzene rings is 1. The van der Waals surface area contributed by atoms with Crippen molar-refractivity contribution in [1.29, 1.82) is 0 Å². The molecule has 1 aromatic carbocycles. The van der Waals surface area contributed by atoms with Crippen molar-refractivity contribution in [2.45, 2.75) is 46.1 Å². The minimum absolute atomic E-state index is 0.391. The molecular weight excluding hydrogens is 232 g/mol. The van der Waals surface area contributed by atoms with E-state index in [9.17, 15) is 0 Å². The van der Waals surface area contributed by atoms with Gasteiger partial charge >= 0.3 is 0 Å². The third-order valence-corrected chi connectivity index (χ3v) is 4.59. The summed E-state index contributed by atoms with van der Waals surface area (Å²) in [6.07, 6.45) is 3.65. The molecule has 0 radical (unpaired) electrons. The van der Waals surface area contributed by atoms with Crippen molar-refractivity contribution >= 4 is 0 Å². The normalized spacial score (nSPS) is 21.3. The fourth-order valence-corrected chi connectivity index (χ4v) is 2.91. The predicted octanol–water partition coefficient (Wildman–Crippen LogP) is 3.37. The van der Waals surface area contributed by atoms with E-state index in [1.54, 1.807) is 0 Å². The Morgan fingerprint density at radius 3 is 2.21 bits per heavy atom. The van der Waals surface area contributed by atoms with Gasteiger partial charge in [0.05, 0.1) is 0 Å². The quantitative estimate of drug-likeness (QED) is 0.899. The summed E-state index contributed by atoms with van der Waals surface area (Å²) in [5, 5.41) is 0. The average Bonchev–Trinajstić information content (AvgIpc) is 2.42. The maximum Gasteiger partial charge on any atom is 0.0470 e. The first kappa shape index (κ1) is 14.5. The van der Waals surface area contributed by atoms with Gasteiger partial charge in [-0.2, -0.15) is 0 Å². The highest BCUT2D eigenvalue weighted by Gasteiger charge is 2.29. The van der Waals surface area contributed by atoms with Crippen molar-refractivity contribution in [3.05, 3.63) is 35.4 Å². The van der Waals surface area contributed by atoms with E-state index in [0.717, 1.165) is 6.42 Å². The Morgan fingerprint density at radius 1 is 1.16 bits per heavy atom. The summed E-state index contributed by atoms with van der Waals surface area (Å²) in [6.45, 7) is 10.00. The molecule has 2 nitrogen and oxygen atoms in total. The van der Waals surface area contributed by atoms with Crippen LogP contribution in [-0.2, 0) is 6.42 Å². The number of nitrogens with zero attached hydrogens (tertiary/aromatic N) is 1. The molecule has 1 aromatic rings. The number of nitrogens with two attached hydrogens (primary N) is 1. The molecule has 0 aliphatic carbocycles. The van der Waals surface area contributed by atoms with E-state index in [2.05, 4.69) is 49.9 Å². The molecule has 106 valence electrons. The van der Waals surface area contributed by atoms with Crippen LogP contribution in [0.1, 0.15) is 50.8 Å². The summed E-state index contributed by atoms with van der Waals surface area (Å²) in [5.41, 5.74) is 9.31. The molecule has 0 aromatic heterocycles. The van der Waals surface area contributed by atoms with Crippen LogP contribution in [0.3, 0.4) is 0 Å². The Bertz CT molecular complexity index is 384. The summed E-state index contributed by atoms with van der Waals surface area (Å²) in [5.74, 6) is 0. The lowest BCUT2D eigenvalue weighted by Gasteiger charge is -2.41. The van der Waals surface area contributed by atoms with Gasteiger partial charge in [-0.25, -0.2) is 0 Å². The highest BCUT2D eigenvalue weighted by atomic mass is 15.2. The molecule has 1 aliphatic rings. The minimum atomic E-state index is 0.391. The van der Waals surface area contributed by atoms with Gasteiger partial charge in [-0.1, -0.05) is 45.0 Å². The van der Waals surface area contributed by atoms with Gasteiger partial charge in [-0.3, -0.25) is 4.90 Å². The van der Waals surface area contributed by atoms with Gasteiger partial charge in [0.15, 0.2) is 0 Å². The predicted molar refractivity (Wildman–Crippen MR) is 82.2 cm³/mol. The molecule has 1 heterocycles. The van der Waals surface area contributed by atoms with Gasteiger partial charge in [-0.15, -0.1) is 0 Å². The zero-order valence-electron chi connectivity index (χ0n) is 12.7. The molecule has 1 aliphatic heterocycles. The molecule has 1 fully saturated rings. The van der Waals surface area contributed by atoms with E-state index >= 15 is 0 Å². The number of rotatable bonds is 4. The minimum Gasteiger partial charge on any atom is -0.329 e. The van der Waals surface area contributed by atoms with Gasteiger partial charge < -0.3 is 5.73 Å². The molecule has 2 heteroatoms. The van der Waals surface area contributed by atoms with Crippen molar-refractivity contribution in [3.8, 4) is 0 Å². The van der Waals surface area contributed by atoms with E-state index in [1.807, 2.05) is 0 Å². The Morgan fingerprint density at radius 2 is 1.74 bits per heavy atom. The Hall–Kier alpha value is -0.860. The topological polar surface area (TPSA) is 29.3 Å². The smallest absolute Gasteiger partial charge is 0.0470 e. The van der Waals surface area contributed by atoms with Crippen LogP contribution in [0.15, 0.2) is 24.3 Å². The zero-order chi connectivity index (χ0) is 13.9. The molecule has 1 unspecified atom stereocenters. The Balaban J connectivity index is 2.07. The molecule has 1 atom stereocenters. The summed E-state index contributed by atoms with van der Waals surface area (Å²) >= 11 is 0. The van der Waals surface area contributed by atoms with Gasteiger partial charge in [-0.05, 0) is 48.9 Å². The van der Waals surface area contributed by atoms with E-state index in [1.165, 1.54) is 37.1 Å². The second-order valence-electron chi connectivity index (χ2n) is 6.55. The lowest BCUT2D eigenvalue weighted by molar-refractivity contribution is 0.0964. The monoisotopic (exact) mass is 260 g/mol. The van der Waals surface area contributed by atoms with Crippen LogP contribution in [0.5, 0.6) is 0 Å². The molecule has 19 heavy (non-hydrogen) atoms. The van der Waals surface area contributed by atoms with Crippen LogP contribution in [0, 0.1) is 5.41 Å². The van der Waals surface area contributed by atoms with Gasteiger partial charge in [0.25, 0.3) is 0 Å². The summed E-state index contributed by atoms with van der Waals surface area (Å²) in [4.78, 5) is 2.56. The van der Waals surface area contributed by atoms with Crippen molar-refractivity contribution < 1.29 is 0 Å². The molecule has 0 amide bonds. The highest BCUT2D eigenvalue weighted by molar-refractivity contribution is 5.25. The van der Waals surface area contributed by atoms with E-state index in [0.29, 0.717) is 18.0 Å². The van der Waals surface area contributed by atoms with Gasteiger partial charge in [0.2, 0.25) is 0 Å². The van der Waals surface area contributed by atoms with Crippen LogP contribution < -0.4 is 5.73 Å². The third-order valence-electron chi connectivity index (χ3n) is 4.59. The molecule has 0 saturated carbocycles. The van der Waals surface area contributed by atoms with Crippen molar-refractivity contribution in [2.75, 3.05) is 19.6 Å². The first-order valence-corrected chi connectivity index (χ1v) is 7.58. The lowest BCUT2D eigenvalue weighted by Crippen LogP contribution is -2.42. The van der Waals surface area contributed by atoms with E-state index in [-0.39, 0.29) is 0 Å². The Labute approximate surface area is 118 Å². The van der Waals surface area contributed by atoms with Crippen LogP contribution in [0.2, 0.25) is 0 Å². The maximum atomic E-state index is 6.03. The van der Waals surface area contributed by atoms with E-state index < -0.39 is 0 Å². The standard InChI is InChI=1S/C17H28N2/c1-4-14-5-7-15(8-6-14)16(13-18)19-11-9-17(2,3)10-12-19/h5-8,16H,4,9-13,18H2,1-3H3. The molecular formula is C17H28N2. The fraction of sp³-hybridized carbons (Fsp3) is 0.647. The molecule has 0 spiro atoms.